The number of rotatable bonds is 1. The summed E-state index contributed by atoms with van der Waals surface area (Å²) in [7, 11) is 1.77. The van der Waals surface area contributed by atoms with Crippen LogP contribution in [-0.4, -0.2) is 4.57 Å². The number of nitrogens with zero attached hydrogens (tertiary/aromatic N) is 1. The van der Waals surface area contributed by atoms with Crippen molar-refractivity contribution in [3.8, 4) is 0 Å². The Morgan fingerprint density at radius 3 is 2.79 bits per heavy atom. The molecule has 14 heavy (non-hydrogen) atoms. The van der Waals surface area contributed by atoms with Gasteiger partial charge in [-0.15, -0.1) is 0 Å². The van der Waals surface area contributed by atoms with Gasteiger partial charge in [0.2, 0.25) is 0 Å². The first-order valence-electron chi connectivity index (χ1n) is 4.52. The molecule has 0 aliphatic heterocycles. The van der Waals surface area contributed by atoms with Crippen LogP contribution >= 0.6 is 0 Å². The topological polar surface area (TPSA) is 48.0 Å². The summed E-state index contributed by atoms with van der Waals surface area (Å²) in [5.74, 6) is 0. The highest BCUT2D eigenvalue weighted by atomic mass is 16.1. The summed E-state index contributed by atoms with van der Waals surface area (Å²) in [6.45, 7) is 0.399. The van der Waals surface area contributed by atoms with Crippen molar-refractivity contribution in [3.63, 3.8) is 0 Å². The third-order valence-corrected chi connectivity index (χ3v) is 2.46. The summed E-state index contributed by atoms with van der Waals surface area (Å²) >= 11 is 0. The van der Waals surface area contributed by atoms with Crippen LogP contribution in [0.15, 0.2) is 35.1 Å². The van der Waals surface area contributed by atoms with Crippen molar-refractivity contribution in [2.45, 2.75) is 6.54 Å². The molecule has 2 rings (SSSR count). The minimum Gasteiger partial charge on any atom is -0.326 e. The molecule has 3 nitrogen and oxygen atoms in total. The monoisotopic (exact) mass is 188 g/mol. The molecular formula is C11H12N2O. The van der Waals surface area contributed by atoms with E-state index in [1.54, 1.807) is 17.7 Å². The van der Waals surface area contributed by atoms with Crippen molar-refractivity contribution < 1.29 is 0 Å². The molecule has 2 N–H and O–H groups in total. The number of pyridine rings is 1. The van der Waals surface area contributed by atoms with Gasteiger partial charge in [-0.3, -0.25) is 4.79 Å². The minimum atomic E-state index is -0.0100. The molecule has 1 aromatic heterocycles. The van der Waals surface area contributed by atoms with Gasteiger partial charge in [-0.05, 0) is 11.6 Å². The quantitative estimate of drug-likeness (QED) is 0.725. The standard InChI is InChI=1S/C11H12N2O/c1-13-10-5-3-2-4-9(10)8(7-12)6-11(13)14/h2-6H,7,12H2,1H3. The molecule has 0 amide bonds. The minimum absolute atomic E-state index is 0.0100. The second-order valence-electron chi connectivity index (χ2n) is 3.29. The molecule has 0 atom stereocenters. The van der Waals surface area contributed by atoms with Crippen LogP contribution in [0.5, 0.6) is 0 Å². The van der Waals surface area contributed by atoms with Gasteiger partial charge in [0.15, 0.2) is 0 Å². The Labute approximate surface area is 81.8 Å². The maximum absolute atomic E-state index is 11.5. The van der Waals surface area contributed by atoms with Gasteiger partial charge in [-0.1, -0.05) is 18.2 Å². The van der Waals surface area contributed by atoms with E-state index in [2.05, 4.69) is 0 Å². The van der Waals surface area contributed by atoms with Gasteiger partial charge >= 0.3 is 0 Å². The lowest BCUT2D eigenvalue weighted by Crippen LogP contribution is -2.18. The average Bonchev–Trinajstić information content (AvgIpc) is 2.23. The van der Waals surface area contributed by atoms with E-state index < -0.39 is 0 Å². The van der Waals surface area contributed by atoms with Gasteiger partial charge in [0.25, 0.3) is 5.56 Å². The molecule has 1 aromatic carbocycles. The van der Waals surface area contributed by atoms with Crippen LogP contribution in [0.4, 0.5) is 0 Å². The van der Waals surface area contributed by atoms with Gasteiger partial charge < -0.3 is 10.3 Å². The van der Waals surface area contributed by atoms with Crippen molar-refractivity contribution in [1.29, 1.82) is 0 Å². The third-order valence-electron chi connectivity index (χ3n) is 2.46. The molecule has 3 heteroatoms. The molecule has 2 aromatic rings. The van der Waals surface area contributed by atoms with E-state index in [0.29, 0.717) is 6.54 Å². The predicted molar refractivity (Wildman–Crippen MR) is 57.1 cm³/mol. The number of benzene rings is 1. The van der Waals surface area contributed by atoms with Gasteiger partial charge in [0.05, 0.1) is 5.52 Å². The molecule has 0 unspecified atom stereocenters. The Bertz CT molecular complexity index is 528. The number of fused-ring (bicyclic) bond motifs is 1. The van der Waals surface area contributed by atoms with Crippen molar-refractivity contribution in [2.75, 3.05) is 0 Å². The van der Waals surface area contributed by atoms with Crippen LogP contribution in [0.25, 0.3) is 10.9 Å². The zero-order chi connectivity index (χ0) is 10.1. The predicted octanol–water partition coefficient (Wildman–Crippen LogP) is 0.997. The Morgan fingerprint density at radius 1 is 1.36 bits per heavy atom. The first-order valence-corrected chi connectivity index (χ1v) is 4.52. The fourth-order valence-corrected chi connectivity index (χ4v) is 1.65. The SMILES string of the molecule is Cn1c(=O)cc(CN)c2ccccc21. The molecule has 0 radical (unpaired) electrons. The Balaban J connectivity index is 2.97. The molecule has 0 saturated heterocycles. The van der Waals surface area contributed by atoms with Crippen molar-refractivity contribution in [3.05, 3.63) is 46.2 Å². The van der Waals surface area contributed by atoms with Crippen molar-refractivity contribution in [1.82, 2.24) is 4.57 Å². The van der Waals surface area contributed by atoms with E-state index in [9.17, 15) is 4.79 Å². The molecule has 1 heterocycles. The summed E-state index contributed by atoms with van der Waals surface area (Å²) < 4.78 is 1.63. The molecule has 0 fully saturated rings. The van der Waals surface area contributed by atoms with E-state index >= 15 is 0 Å². The van der Waals surface area contributed by atoms with Crippen LogP contribution in [0, 0.1) is 0 Å². The molecular weight excluding hydrogens is 176 g/mol. The summed E-state index contributed by atoms with van der Waals surface area (Å²) in [6.07, 6.45) is 0. The number of para-hydroxylation sites is 1. The molecule has 0 spiro atoms. The molecule has 72 valence electrons. The highest BCUT2D eigenvalue weighted by Gasteiger charge is 2.03. The second-order valence-corrected chi connectivity index (χ2v) is 3.29. The summed E-state index contributed by atoms with van der Waals surface area (Å²) in [5, 5.41) is 1.05. The summed E-state index contributed by atoms with van der Waals surface area (Å²) in [6, 6.07) is 9.38. The van der Waals surface area contributed by atoms with Crippen LogP contribution in [0.3, 0.4) is 0 Å². The van der Waals surface area contributed by atoms with Gasteiger partial charge in [0.1, 0.15) is 0 Å². The lowest BCUT2D eigenvalue weighted by Gasteiger charge is -2.07. The van der Waals surface area contributed by atoms with Gasteiger partial charge in [-0.25, -0.2) is 0 Å². The lowest BCUT2D eigenvalue weighted by molar-refractivity contribution is 0.895. The second kappa shape index (κ2) is 3.27. The average molecular weight is 188 g/mol. The fraction of sp³-hybridized carbons (Fsp3) is 0.182. The highest BCUT2D eigenvalue weighted by molar-refractivity contribution is 5.82. The first kappa shape index (κ1) is 8.97. The van der Waals surface area contributed by atoms with E-state index in [4.69, 9.17) is 5.73 Å². The third kappa shape index (κ3) is 1.22. The summed E-state index contributed by atoms with van der Waals surface area (Å²) in [5.41, 5.74) is 7.41. The van der Waals surface area contributed by atoms with E-state index in [1.165, 1.54) is 0 Å². The molecule has 0 aliphatic carbocycles. The molecule has 0 aliphatic rings. The Hall–Kier alpha value is -1.61. The zero-order valence-electron chi connectivity index (χ0n) is 8.03. The maximum Gasteiger partial charge on any atom is 0.251 e. The largest absolute Gasteiger partial charge is 0.326 e. The molecule has 0 saturated carbocycles. The first-order chi connectivity index (χ1) is 6.74. The Kier molecular flexibility index (Phi) is 2.09. The van der Waals surface area contributed by atoms with Crippen LogP contribution in [0.2, 0.25) is 0 Å². The van der Waals surface area contributed by atoms with E-state index in [1.807, 2.05) is 24.3 Å². The number of hydrogen-bond acceptors (Lipinski definition) is 2. The molecule has 0 bridgehead atoms. The van der Waals surface area contributed by atoms with Crippen LogP contribution in [-0.2, 0) is 13.6 Å². The number of aromatic nitrogens is 1. The van der Waals surface area contributed by atoms with Gasteiger partial charge in [-0.2, -0.15) is 0 Å². The Morgan fingerprint density at radius 2 is 2.07 bits per heavy atom. The zero-order valence-corrected chi connectivity index (χ0v) is 8.03. The van der Waals surface area contributed by atoms with Gasteiger partial charge in [0, 0.05) is 25.0 Å². The van der Waals surface area contributed by atoms with E-state index in [-0.39, 0.29) is 5.56 Å². The number of nitrogens with two attached hydrogens (primary N) is 1. The van der Waals surface area contributed by atoms with Crippen molar-refractivity contribution >= 4 is 10.9 Å². The summed E-state index contributed by atoms with van der Waals surface area (Å²) in [4.78, 5) is 11.5. The number of hydrogen-bond donors (Lipinski definition) is 1. The van der Waals surface area contributed by atoms with Crippen LogP contribution < -0.4 is 11.3 Å². The van der Waals surface area contributed by atoms with Crippen molar-refractivity contribution in [2.24, 2.45) is 12.8 Å². The maximum atomic E-state index is 11.5. The van der Waals surface area contributed by atoms with Crippen LogP contribution in [0.1, 0.15) is 5.56 Å². The lowest BCUT2D eigenvalue weighted by atomic mass is 10.1. The fourth-order valence-electron chi connectivity index (χ4n) is 1.65. The van der Waals surface area contributed by atoms with E-state index in [0.717, 1.165) is 16.5 Å². The highest BCUT2D eigenvalue weighted by Crippen LogP contribution is 2.15. The number of aryl methyl sites for hydroxylation is 1. The normalized spacial score (nSPS) is 10.7. The smallest absolute Gasteiger partial charge is 0.251 e.